The molecule has 0 saturated heterocycles. The average Bonchev–Trinajstić information content (AvgIpc) is 2.38. The van der Waals surface area contributed by atoms with Crippen LogP contribution in [-0.4, -0.2) is 40.6 Å². The predicted molar refractivity (Wildman–Crippen MR) is 73.0 cm³/mol. The van der Waals surface area contributed by atoms with Gasteiger partial charge < -0.3 is 15.4 Å². The topological polar surface area (TPSA) is 90.0 Å². The molecular formula is C12H16N6O. The lowest BCUT2D eigenvalue weighted by Crippen LogP contribution is -2.15. The summed E-state index contributed by atoms with van der Waals surface area (Å²) >= 11 is 0. The van der Waals surface area contributed by atoms with Crippen molar-refractivity contribution in [3.63, 3.8) is 0 Å². The van der Waals surface area contributed by atoms with Gasteiger partial charge in [-0.05, 0) is 13.0 Å². The summed E-state index contributed by atoms with van der Waals surface area (Å²) < 4.78 is 5.40. The molecule has 0 aliphatic heterocycles. The number of rotatable bonds is 4. The van der Waals surface area contributed by atoms with Gasteiger partial charge in [0.2, 0.25) is 11.9 Å². The quantitative estimate of drug-likeness (QED) is 0.876. The number of hydrogen-bond acceptors (Lipinski definition) is 7. The van der Waals surface area contributed by atoms with E-state index in [4.69, 9.17) is 10.5 Å². The highest BCUT2D eigenvalue weighted by Crippen LogP contribution is 2.21. The van der Waals surface area contributed by atoms with E-state index in [1.807, 2.05) is 27.1 Å². The van der Waals surface area contributed by atoms with Crippen molar-refractivity contribution in [2.45, 2.75) is 6.92 Å². The van der Waals surface area contributed by atoms with Gasteiger partial charge in [0.1, 0.15) is 5.75 Å². The van der Waals surface area contributed by atoms with Crippen LogP contribution >= 0.6 is 0 Å². The van der Waals surface area contributed by atoms with E-state index >= 15 is 0 Å². The number of hydrogen-bond donors (Lipinski definition) is 1. The smallest absolute Gasteiger partial charge is 0.230 e. The average molecular weight is 260 g/mol. The third-order valence-corrected chi connectivity index (χ3v) is 2.32. The molecule has 19 heavy (non-hydrogen) atoms. The molecule has 0 unspecified atom stereocenters. The summed E-state index contributed by atoms with van der Waals surface area (Å²) in [7, 11) is 3.68. The Morgan fingerprint density at radius 1 is 1.21 bits per heavy atom. The molecule has 0 amide bonds. The van der Waals surface area contributed by atoms with Crippen LogP contribution in [0.3, 0.4) is 0 Å². The number of ether oxygens (including phenoxy) is 1. The number of nitrogens with zero attached hydrogens (tertiary/aromatic N) is 5. The molecule has 0 bridgehead atoms. The van der Waals surface area contributed by atoms with Crippen LogP contribution in [0.2, 0.25) is 0 Å². The van der Waals surface area contributed by atoms with Crippen LogP contribution in [0.15, 0.2) is 18.5 Å². The molecule has 2 heterocycles. The third-order valence-electron chi connectivity index (χ3n) is 2.32. The summed E-state index contributed by atoms with van der Waals surface area (Å²) in [5.41, 5.74) is 6.43. The minimum Gasteiger partial charge on any atom is -0.492 e. The third kappa shape index (κ3) is 3.06. The normalized spacial score (nSPS) is 10.3. The van der Waals surface area contributed by atoms with Crippen LogP contribution in [-0.2, 0) is 0 Å². The highest BCUT2D eigenvalue weighted by atomic mass is 16.5. The number of pyridine rings is 1. The molecule has 0 radical (unpaired) electrons. The lowest BCUT2D eigenvalue weighted by atomic mass is 10.2. The maximum atomic E-state index is 5.69. The molecule has 0 aromatic carbocycles. The fraction of sp³-hybridized carbons (Fsp3) is 0.333. The molecule has 2 aromatic rings. The van der Waals surface area contributed by atoms with Crippen molar-refractivity contribution in [2.24, 2.45) is 0 Å². The Bertz CT molecular complexity index is 572. The zero-order valence-corrected chi connectivity index (χ0v) is 11.2. The maximum Gasteiger partial charge on any atom is 0.230 e. The Morgan fingerprint density at radius 3 is 2.68 bits per heavy atom. The standard InChI is InChI=1S/C12H16N6O/c1-4-19-9-5-8(6-14-7-9)10-15-11(13)17-12(16-10)18(2)3/h5-7H,4H2,1-3H3,(H2,13,15,16,17). The van der Waals surface area contributed by atoms with Crippen LogP contribution in [0, 0.1) is 0 Å². The summed E-state index contributed by atoms with van der Waals surface area (Å²) in [6, 6.07) is 1.82. The number of nitrogen functional groups attached to an aromatic ring is 1. The maximum absolute atomic E-state index is 5.69. The predicted octanol–water partition coefficient (Wildman–Crippen LogP) is 0.980. The van der Waals surface area contributed by atoms with E-state index in [0.29, 0.717) is 24.1 Å². The van der Waals surface area contributed by atoms with Crippen molar-refractivity contribution in [2.75, 3.05) is 31.3 Å². The summed E-state index contributed by atoms with van der Waals surface area (Å²) in [6.45, 7) is 2.49. The van der Waals surface area contributed by atoms with Crippen molar-refractivity contribution >= 4 is 11.9 Å². The van der Waals surface area contributed by atoms with Gasteiger partial charge in [-0.2, -0.15) is 15.0 Å². The van der Waals surface area contributed by atoms with Crippen LogP contribution < -0.4 is 15.4 Å². The Morgan fingerprint density at radius 2 is 2.00 bits per heavy atom. The first kappa shape index (κ1) is 13.0. The first-order valence-corrected chi connectivity index (χ1v) is 5.87. The Labute approximate surface area is 111 Å². The van der Waals surface area contributed by atoms with E-state index in [2.05, 4.69) is 19.9 Å². The van der Waals surface area contributed by atoms with Gasteiger partial charge in [0.25, 0.3) is 0 Å². The summed E-state index contributed by atoms with van der Waals surface area (Å²) in [5.74, 6) is 1.83. The molecular weight excluding hydrogens is 244 g/mol. The summed E-state index contributed by atoms with van der Waals surface area (Å²) in [4.78, 5) is 18.4. The molecule has 0 atom stereocenters. The molecule has 2 rings (SSSR count). The molecule has 7 nitrogen and oxygen atoms in total. The second-order valence-electron chi connectivity index (χ2n) is 4.05. The zero-order valence-electron chi connectivity index (χ0n) is 11.2. The number of anilines is 2. The first-order valence-electron chi connectivity index (χ1n) is 5.87. The molecule has 2 aromatic heterocycles. The van der Waals surface area contributed by atoms with E-state index in [-0.39, 0.29) is 5.95 Å². The van der Waals surface area contributed by atoms with Crippen LogP contribution in [0.25, 0.3) is 11.4 Å². The monoisotopic (exact) mass is 260 g/mol. The van der Waals surface area contributed by atoms with Gasteiger partial charge >= 0.3 is 0 Å². The molecule has 2 N–H and O–H groups in total. The van der Waals surface area contributed by atoms with Gasteiger partial charge in [0.05, 0.1) is 12.8 Å². The second-order valence-corrected chi connectivity index (χ2v) is 4.05. The van der Waals surface area contributed by atoms with Crippen molar-refractivity contribution in [3.8, 4) is 17.1 Å². The molecule has 0 aliphatic rings. The molecule has 0 fully saturated rings. The Kier molecular flexibility index (Phi) is 3.74. The van der Waals surface area contributed by atoms with Crippen molar-refractivity contribution < 1.29 is 4.74 Å². The van der Waals surface area contributed by atoms with Gasteiger partial charge in [0.15, 0.2) is 5.82 Å². The zero-order chi connectivity index (χ0) is 13.8. The van der Waals surface area contributed by atoms with Crippen LogP contribution in [0.1, 0.15) is 6.92 Å². The second kappa shape index (κ2) is 5.47. The minimum absolute atomic E-state index is 0.176. The highest BCUT2D eigenvalue weighted by Gasteiger charge is 2.09. The minimum atomic E-state index is 0.176. The molecule has 0 aliphatic carbocycles. The van der Waals surface area contributed by atoms with E-state index in [9.17, 15) is 0 Å². The number of nitrogens with two attached hydrogens (primary N) is 1. The first-order chi connectivity index (χ1) is 9.10. The molecule has 100 valence electrons. The number of aromatic nitrogens is 4. The highest BCUT2D eigenvalue weighted by molar-refractivity contribution is 5.58. The van der Waals surface area contributed by atoms with Crippen molar-refractivity contribution in [1.29, 1.82) is 0 Å². The molecule has 7 heteroatoms. The van der Waals surface area contributed by atoms with Crippen molar-refractivity contribution in [1.82, 2.24) is 19.9 Å². The van der Waals surface area contributed by atoms with Gasteiger partial charge in [-0.25, -0.2) is 0 Å². The lowest BCUT2D eigenvalue weighted by molar-refractivity contribution is 0.339. The van der Waals surface area contributed by atoms with E-state index in [0.717, 1.165) is 5.56 Å². The van der Waals surface area contributed by atoms with Crippen molar-refractivity contribution in [3.05, 3.63) is 18.5 Å². The molecule has 0 spiro atoms. The largest absolute Gasteiger partial charge is 0.492 e. The summed E-state index contributed by atoms with van der Waals surface area (Å²) in [6.07, 6.45) is 3.31. The Balaban J connectivity index is 2.43. The Hall–Kier alpha value is -2.44. The van der Waals surface area contributed by atoms with Gasteiger partial charge in [-0.3, -0.25) is 4.98 Å². The molecule has 0 saturated carbocycles. The van der Waals surface area contributed by atoms with Crippen LogP contribution in [0.4, 0.5) is 11.9 Å². The van der Waals surface area contributed by atoms with Gasteiger partial charge in [-0.1, -0.05) is 0 Å². The van der Waals surface area contributed by atoms with E-state index < -0.39 is 0 Å². The SMILES string of the molecule is CCOc1cncc(-c2nc(N)nc(N(C)C)n2)c1. The van der Waals surface area contributed by atoms with Gasteiger partial charge in [-0.15, -0.1) is 0 Å². The van der Waals surface area contributed by atoms with E-state index in [1.165, 1.54) is 0 Å². The summed E-state index contributed by atoms with van der Waals surface area (Å²) in [5, 5.41) is 0. The fourth-order valence-electron chi connectivity index (χ4n) is 1.50. The van der Waals surface area contributed by atoms with E-state index in [1.54, 1.807) is 17.3 Å². The fourth-order valence-corrected chi connectivity index (χ4v) is 1.50. The lowest BCUT2D eigenvalue weighted by Gasteiger charge is -2.11. The van der Waals surface area contributed by atoms with Gasteiger partial charge in [0, 0.05) is 25.9 Å². The van der Waals surface area contributed by atoms with Crippen LogP contribution in [0.5, 0.6) is 5.75 Å².